The molecule has 1 aromatic rings. The number of benzene rings is 1. The third kappa shape index (κ3) is 1.63. The van der Waals surface area contributed by atoms with Crippen LogP contribution >= 0.6 is 0 Å². The first-order valence-electron chi connectivity index (χ1n) is 3.29. The van der Waals surface area contributed by atoms with Crippen LogP contribution in [0.1, 0.15) is 10.4 Å². The van der Waals surface area contributed by atoms with Crippen LogP contribution in [0.4, 0.5) is 13.2 Å². The molecule has 1 N–H and O–H groups in total. The van der Waals surface area contributed by atoms with Gasteiger partial charge in [-0.05, 0) is 12.1 Å². The van der Waals surface area contributed by atoms with Crippen LogP contribution in [0.2, 0.25) is 0 Å². The molecule has 5 heteroatoms. The van der Waals surface area contributed by atoms with Crippen molar-refractivity contribution in [2.75, 3.05) is 0 Å². The first-order valence-corrected chi connectivity index (χ1v) is 3.29. The molecule has 0 spiro atoms. The van der Waals surface area contributed by atoms with Gasteiger partial charge >= 0.3 is 0 Å². The molecule has 1 radical (unpaired) electrons. The van der Waals surface area contributed by atoms with Crippen molar-refractivity contribution < 1.29 is 18.0 Å². The lowest BCUT2D eigenvalue weighted by Crippen LogP contribution is -2.18. The summed E-state index contributed by atoms with van der Waals surface area (Å²) < 4.78 is 37.7. The summed E-state index contributed by atoms with van der Waals surface area (Å²) >= 11 is 0. The lowest BCUT2D eigenvalue weighted by atomic mass is 10.2. The molecule has 0 bridgehead atoms. The molecule has 0 heterocycles. The van der Waals surface area contributed by atoms with Crippen molar-refractivity contribution in [3.63, 3.8) is 0 Å². The Morgan fingerprint density at radius 2 is 1.85 bits per heavy atom. The highest BCUT2D eigenvalue weighted by atomic mass is 19.2. The van der Waals surface area contributed by atoms with Gasteiger partial charge in [-0.25, -0.2) is 13.2 Å². The highest BCUT2D eigenvalue weighted by Crippen LogP contribution is 2.14. The van der Waals surface area contributed by atoms with Crippen LogP contribution in [0.15, 0.2) is 12.1 Å². The van der Waals surface area contributed by atoms with Gasteiger partial charge in [-0.3, -0.25) is 4.79 Å². The average molecular weight is 188 g/mol. The summed E-state index contributed by atoms with van der Waals surface area (Å²) in [6.45, 7) is 0. The second kappa shape index (κ2) is 3.47. The third-order valence-corrected chi connectivity index (χ3v) is 1.44. The highest BCUT2D eigenvalue weighted by Gasteiger charge is 2.17. The predicted molar refractivity (Wildman–Crippen MR) is 39.1 cm³/mol. The van der Waals surface area contributed by atoms with E-state index >= 15 is 0 Å². The Hall–Kier alpha value is -1.52. The summed E-state index contributed by atoms with van der Waals surface area (Å²) in [5.74, 6) is -5.42. The molecule has 69 valence electrons. The van der Waals surface area contributed by atoms with E-state index in [4.69, 9.17) is 0 Å². The van der Waals surface area contributed by atoms with E-state index in [1.54, 1.807) is 0 Å². The molecule has 0 saturated carbocycles. The van der Waals surface area contributed by atoms with Gasteiger partial charge in [-0.1, -0.05) is 0 Å². The number of rotatable bonds is 1. The molecule has 1 aromatic carbocycles. The first kappa shape index (κ1) is 9.57. The maximum absolute atomic E-state index is 12.8. The molecule has 0 aliphatic heterocycles. The number of hydrogen-bond acceptors (Lipinski definition) is 1. The molecule has 0 aliphatic rings. The molecule has 0 saturated heterocycles. The Bertz CT molecular complexity index is 351. The van der Waals surface area contributed by atoms with Crippen LogP contribution in [-0.2, 0) is 0 Å². The van der Waals surface area contributed by atoms with Gasteiger partial charge in [0.05, 0.1) is 5.56 Å². The van der Waals surface area contributed by atoms with Gasteiger partial charge in [-0.15, -0.1) is 0 Å². The Balaban J connectivity index is 3.26. The molecule has 0 aromatic heterocycles. The van der Waals surface area contributed by atoms with E-state index in [9.17, 15) is 18.0 Å². The van der Waals surface area contributed by atoms with Crippen molar-refractivity contribution in [2.45, 2.75) is 0 Å². The molecule has 0 aliphatic carbocycles. The maximum atomic E-state index is 12.8. The zero-order valence-electron chi connectivity index (χ0n) is 6.40. The van der Waals surface area contributed by atoms with Gasteiger partial charge in [0.15, 0.2) is 17.5 Å². The minimum Gasteiger partial charge on any atom is -0.350 e. The fraction of sp³-hybridized carbons (Fsp3) is 0. The monoisotopic (exact) mass is 188 g/mol. The van der Waals surface area contributed by atoms with Gasteiger partial charge in [0.1, 0.15) is 0 Å². The summed E-state index contributed by atoms with van der Waals surface area (Å²) in [6.07, 6.45) is 0. The second-order valence-corrected chi connectivity index (χ2v) is 2.23. The van der Waals surface area contributed by atoms with E-state index in [0.717, 1.165) is 6.07 Å². The fourth-order valence-corrected chi connectivity index (χ4v) is 0.796. The van der Waals surface area contributed by atoms with Crippen LogP contribution in [0.3, 0.4) is 0 Å². The van der Waals surface area contributed by atoms with Gasteiger partial charge in [0, 0.05) is 7.05 Å². The number of carbonyl (C=O) groups excluding carboxylic acids is 1. The summed E-state index contributed by atoms with van der Waals surface area (Å²) in [7, 11) is 2.97. The van der Waals surface area contributed by atoms with Crippen molar-refractivity contribution in [1.29, 1.82) is 0 Å². The van der Waals surface area contributed by atoms with Crippen molar-refractivity contribution in [3.8, 4) is 0 Å². The van der Waals surface area contributed by atoms with Gasteiger partial charge in [0.25, 0.3) is 5.91 Å². The highest BCUT2D eigenvalue weighted by molar-refractivity contribution is 5.94. The number of amides is 1. The smallest absolute Gasteiger partial charge is 0.254 e. The van der Waals surface area contributed by atoms with E-state index in [-0.39, 0.29) is 0 Å². The Labute approximate surface area is 72.4 Å². The van der Waals surface area contributed by atoms with E-state index in [0.29, 0.717) is 6.07 Å². The van der Waals surface area contributed by atoms with Gasteiger partial charge < -0.3 is 5.32 Å². The standard InChI is InChI=1S/C8H5F3NO/c1-12-8(13)4-2-3-5(9)7(11)6(4)10/h2-3H,1H2,(H,12,13). The van der Waals surface area contributed by atoms with Crippen LogP contribution in [-0.4, -0.2) is 5.91 Å². The molecule has 1 rings (SSSR count). The van der Waals surface area contributed by atoms with Crippen molar-refractivity contribution >= 4 is 5.91 Å². The van der Waals surface area contributed by atoms with E-state index in [1.165, 1.54) is 0 Å². The van der Waals surface area contributed by atoms with E-state index in [1.807, 2.05) is 5.32 Å². The normalized spacial score (nSPS) is 9.85. The number of hydrogen-bond donors (Lipinski definition) is 1. The minimum atomic E-state index is -1.67. The number of nitrogens with one attached hydrogen (secondary N) is 1. The largest absolute Gasteiger partial charge is 0.350 e. The van der Waals surface area contributed by atoms with Gasteiger partial charge in [-0.2, -0.15) is 0 Å². The Morgan fingerprint density at radius 3 is 2.38 bits per heavy atom. The van der Waals surface area contributed by atoms with Crippen molar-refractivity contribution in [3.05, 3.63) is 42.2 Å². The average Bonchev–Trinajstić information content (AvgIpc) is 2.13. The zero-order chi connectivity index (χ0) is 10.0. The molecule has 1 amide bonds. The summed E-state index contributed by atoms with van der Waals surface area (Å²) in [6, 6.07) is 1.51. The topological polar surface area (TPSA) is 29.1 Å². The van der Waals surface area contributed by atoms with Crippen LogP contribution in [0.25, 0.3) is 0 Å². The maximum Gasteiger partial charge on any atom is 0.254 e. The number of carbonyl (C=O) groups is 1. The number of halogens is 3. The van der Waals surface area contributed by atoms with Gasteiger partial charge in [0.2, 0.25) is 0 Å². The van der Waals surface area contributed by atoms with Crippen LogP contribution in [0.5, 0.6) is 0 Å². The van der Waals surface area contributed by atoms with Crippen molar-refractivity contribution in [1.82, 2.24) is 5.32 Å². The van der Waals surface area contributed by atoms with Crippen LogP contribution < -0.4 is 5.32 Å². The summed E-state index contributed by atoms with van der Waals surface area (Å²) in [4.78, 5) is 10.8. The quantitative estimate of drug-likeness (QED) is 0.666. The molecule has 13 heavy (non-hydrogen) atoms. The summed E-state index contributed by atoms with van der Waals surface area (Å²) in [5.41, 5.74) is -0.575. The molecule has 0 unspecified atom stereocenters. The molecular weight excluding hydrogens is 183 g/mol. The first-order chi connectivity index (χ1) is 6.07. The van der Waals surface area contributed by atoms with E-state index in [2.05, 4.69) is 7.05 Å². The van der Waals surface area contributed by atoms with E-state index < -0.39 is 28.9 Å². The lowest BCUT2D eigenvalue weighted by Gasteiger charge is -2.02. The third-order valence-electron chi connectivity index (χ3n) is 1.44. The molecule has 0 atom stereocenters. The Morgan fingerprint density at radius 1 is 1.23 bits per heavy atom. The molecule has 0 fully saturated rings. The second-order valence-electron chi connectivity index (χ2n) is 2.23. The lowest BCUT2D eigenvalue weighted by molar-refractivity contribution is 0.0963. The minimum absolute atomic E-state index is 0.575. The molecule has 2 nitrogen and oxygen atoms in total. The Kier molecular flexibility index (Phi) is 2.55. The SMILES string of the molecule is [CH2]NC(=O)c1ccc(F)c(F)c1F. The van der Waals surface area contributed by atoms with Crippen LogP contribution in [0, 0.1) is 24.5 Å². The molecular formula is C8H5F3NO. The predicted octanol–water partition coefficient (Wildman–Crippen LogP) is 1.63. The summed E-state index contributed by atoms with van der Waals surface area (Å²) in [5, 5.41) is 1.85. The van der Waals surface area contributed by atoms with Crippen molar-refractivity contribution in [2.24, 2.45) is 0 Å². The zero-order valence-corrected chi connectivity index (χ0v) is 6.40. The fourth-order valence-electron chi connectivity index (χ4n) is 0.796.